The van der Waals surface area contributed by atoms with Gasteiger partial charge in [0.05, 0.1) is 12.5 Å². The molecule has 5 nitrogen and oxygen atoms in total. The summed E-state index contributed by atoms with van der Waals surface area (Å²) in [6.45, 7) is -0.00657. The van der Waals surface area contributed by atoms with Crippen molar-refractivity contribution in [3.05, 3.63) is 11.6 Å². The van der Waals surface area contributed by atoms with Crippen LogP contribution in [0.2, 0.25) is 0 Å². The van der Waals surface area contributed by atoms with Crippen LogP contribution in [0, 0.1) is 11.8 Å². The van der Waals surface area contributed by atoms with E-state index in [9.17, 15) is 18.0 Å². The fraction of sp³-hybridized carbons (Fsp3) is 0.769. The van der Waals surface area contributed by atoms with Gasteiger partial charge in [-0.05, 0) is 19.3 Å². The number of carbonyl (C=O) groups is 1. The zero-order valence-corrected chi connectivity index (χ0v) is 11.5. The third-order valence-electron chi connectivity index (χ3n) is 4.38. The van der Waals surface area contributed by atoms with Gasteiger partial charge < -0.3 is 9.88 Å². The van der Waals surface area contributed by atoms with Crippen molar-refractivity contribution in [2.75, 3.05) is 0 Å². The molecule has 116 valence electrons. The highest BCUT2D eigenvalue weighted by Gasteiger charge is 2.42. The monoisotopic (exact) mass is 302 g/mol. The number of fused-ring (bicyclic) bond motifs is 1. The molecule has 1 saturated carbocycles. The number of hydrogen-bond acceptors (Lipinski definition) is 3. The normalized spacial score (nSPS) is 22.5. The first-order valence-corrected chi connectivity index (χ1v) is 7.20. The third-order valence-corrected chi connectivity index (χ3v) is 4.38. The molecule has 0 aromatic carbocycles. The van der Waals surface area contributed by atoms with Crippen molar-refractivity contribution in [2.24, 2.45) is 11.8 Å². The minimum atomic E-state index is -4.20. The number of carbonyl (C=O) groups excluding carboxylic acids is 1. The van der Waals surface area contributed by atoms with Gasteiger partial charge >= 0.3 is 6.18 Å². The second-order valence-electron chi connectivity index (χ2n) is 5.77. The van der Waals surface area contributed by atoms with Gasteiger partial charge in [0.2, 0.25) is 5.91 Å². The van der Waals surface area contributed by atoms with Crippen molar-refractivity contribution in [1.29, 1.82) is 0 Å². The minimum Gasteiger partial charge on any atom is -0.349 e. The van der Waals surface area contributed by atoms with Crippen LogP contribution in [0.15, 0.2) is 0 Å². The number of amides is 1. The molecular weight excluding hydrogens is 285 g/mol. The first-order chi connectivity index (χ1) is 9.95. The molecule has 1 fully saturated rings. The molecule has 0 spiro atoms. The number of hydrogen-bond donors (Lipinski definition) is 1. The predicted octanol–water partition coefficient (Wildman–Crippen LogP) is 1.82. The lowest BCUT2D eigenvalue weighted by Crippen LogP contribution is -2.36. The van der Waals surface area contributed by atoms with E-state index in [1.807, 2.05) is 0 Å². The minimum absolute atomic E-state index is 0.0400. The Morgan fingerprint density at radius 2 is 2.05 bits per heavy atom. The third kappa shape index (κ3) is 2.89. The number of aryl methyl sites for hydroxylation is 1. The first kappa shape index (κ1) is 14.3. The summed E-state index contributed by atoms with van der Waals surface area (Å²) >= 11 is 0. The van der Waals surface area contributed by atoms with Gasteiger partial charge in [-0.25, -0.2) is 0 Å². The number of alkyl halides is 3. The van der Waals surface area contributed by atoms with Crippen LogP contribution in [-0.4, -0.2) is 26.8 Å². The van der Waals surface area contributed by atoms with Crippen molar-refractivity contribution >= 4 is 5.91 Å². The summed E-state index contributed by atoms with van der Waals surface area (Å²) in [4.78, 5) is 11.8. The van der Waals surface area contributed by atoms with E-state index in [0.29, 0.717) is 11.6 Å². The molecule has 0 bridgehead atoms. The molecule has 1 aromatic rings. The van der Waals surface area contributed by atoms with Crippen molar-refractivity contribution in [1.82, 2.24) is 20.1 Å². The lowest BCUT2D eigenvalue weighted by Gasteiger charge is -2.27. The Balaban J connectivity index is 1.65. The highest BCUT2D eigenvalue weighted by Crippen LogP contribution is 2.34. The van der Waals surface area contributed by atoms with Crippen LogP contribution >= 0.6 is 0 Å². The zero-order valence-electron chi connectivity index (χ0n) is 11.5. The number of aromatic nitrogens is 3. The molecule has 8 heteroatoms. The lowest BCUT2D eigenvalue weighted by atomic mass is 9.85. The summed E-state index contributed by atoms with van der Waals surface area (Å²) in [6.07, 6.45) is -1.04. The molecule has 1 atom stereocenters. The molecule has 1 aromatic heterocycles. The maximum absolute atomic E-state index is 12.8. The van der Waals surface area contributed by atoms with E-state index in [2.05, 4.69) is 15.5 Å². The number of halogens is 3. The largest absolute Gasteiger partial charge is 0.393 e. The highest BCUT2D eigenvalue weighted by atomic mass is 19.4. The molecule has 1 amide bonds. The molecule has 0 radical (unpaired) electrons. The Labute approximate surface area is 119 Å². The Bertz CT molecular complexity index is 536. The standard InChI is InChI=1S/C13H17F3N4O/c14-13(15,16)9-4-5-10-18-19-11(20(10)7-9)6-17-12(21)8-2-1-3-8/h8-9H,1-7H2,(H,17,21)/t9-/m1/s1. The fourth-order valence-corrected chi connectivity index (χ4v) is 2.76. The molecule has 1 aliphatic carbocycles. The van der Waals surface area contributed by atoms with Gasteiger partial charge in [0.15, 0.2) is 5.82 Å². The molecule has 2 aliphatic rings. The maximum atomic E-state index is 12.8. The topological polar surface area (TPSA) is 59.8 Å². The van der Waals surface area contributed by atoms with Crippen LogP contribution in [0.25, 0.3) is 0 Å². The Kier molecular flexibility index (Phi) is 3.62. The fourth-order valence-electron chi connectivity index (χ4n) is 2.76. The first-order valence-electron chi connectivity index (χ1n) is 7.20. The number of nitrogens with one attached hydrogen (secondary N) is 1. The van der Waals surface area contributed by atoms with E-state index < -0.39 is 12.1 Å². The van der Waals surface area contributed by atoms with Crippen LogP contribution in [0.5, 0.6) is 0 Å². The van der Waals surface area contributed by atoms with Crippen LogP contribution in [-0.2, 0) is 24.3 Å². The van der Waals surface area contributed by atoms with Crippen molar-refractivity contribution in [3.8, 4) is 0 Å². The van der Waals surface area contributed by atoms with Crippen molar-refractivity contribution in [3.63, 3.8) is 0 Å². The van der Waals surface area contributed by atoms with Crippen molar-refractivity contribution < 1.29 is 18.0 Å². The smallest absolute Gasteiger partial charge is 0.349 e. The Hall–Kier alpha value is -1.60. The quantitative estimate of drug-likeness (QED) is 0.926. The Morgan fingerprint density at radius 3 is 2.67 bits per heavy atom. The zero-order chi connectivity index (χ0) is 15.0. The summed E-state index contributed by atoms with van der Waals surface area (Å²) < 4.78 is 40.0. The highest BCUT2D eigenvalue weighted by molar-refractivity contribution is 5.79. The molecular formula is C13H17F3N4O. The van der Waals surface area contributed by atoms with E-state index >= 15 is 0 Å². The van der Waals surface area contributed by atoms with E-state index in [4.69, 9.17) is 0 Å². The van der Waals surface area contributed by atoms with E-state index in [1.54, 1.807) is 0 Å². The summed E-state index contributed by atoms with van der Waals surface area (Å²) in [5, 5.41) is 10.6. The average Bonchev–Trinajstić information content (AvgIpc) is 2.75. The predicted molar refractivity (Wildman–Crippen MR) is 67.1 cm³/mol. The second-order valence-corrected chi connectivity index (χ2v) is 5.77. The van der Waals surface area contributed by atoms with E-state index in [0.717, 1.165) is 19.3 Å². The molecule has 21 heavy (non-hydrogen) atoms. The van der Waals surface area contributed by atoms with Gasteiger partial charge in [0.25, 0.3) is 0 Å². The van der Waals surface area contributed by atoms with Crippen LogP contribution < -0.4 is 5.32 Å². The molecule has 3 rings (SSSR count). The average molecular weight is 302 g/mol. The Morgan fingerprint density at radius 1 is 1.29 bits per heavy atom. The molecule has 1 aliphatic heterocycles. The van der Waals surface area contributed by atoms with Gasteiger partial charge in [-0.3, -0.25) is 4.79 Å². The van der Waals surface area contributed by atoms with E-state index in [-0.39, 0.29) is 37.8 Å². The van der Waals surface area contributed by atoms with Crippen LogP contribution in [0.3, 0.4) is 0 Å². The van der Waals surface area contributed by atoms with Crippen molar-refractivity contribution in [2.45, 2.75) is 51.4 Å². The van der Waals surface area contributed by atoms with Crippen LogP contribution in [0.1, 0.15) is 37.3 Å². The molecule has 0 unspecified atom stereocenters. The number of rotatable bonds is 3. The second kappa shape index (κ2) is 5.31. The molecule has 1 N–H and O–H groups in total. The van der Waals surface area contributed by atoms with Gasteiger partial charge in [-0.1, -0.05) is 6.42 Å². The molecule has 2 heterocycles. The van der Waals surface area contributed by atoms with Crippen LogP contribution in [0.4, 0.5) is 13.2 Å². The maximum Gasteiger partial charge on any atom is 0.393 e. The summed E-state index contributed by atoms with van der Waals surface area (Å²) in [7, 11) is 0. The van der Waals surface area contributed by atoms with Gasteiger partial charge in [-0.2, -0.15) is 13.2 Å². The van der Waals surface area contributed by atoms with E-state index in [1.165, 1.54) is 4.57 Å². The summed E-state index contributed by atoms with van der Waals surface area (Å²) in [5.74, 6) is -0.365. The SMILES string of the molecule is O=C(NCc1nnc2n1C[C@H](C(F)(F)F)CC2)C1CCC1. The lowest BCUT2D eigenvalue weighted by molar-refractivity contribution is -0.182. The summed E-state index contributed by atoms with van der Waals surface area (Å²) in [5.41, 5.74) is 0. The van der Waals surface area contributed by atoms with Gasteiger partial charge in [0, 0.05) is 18.9 Å². The number of nitrogens with zero attached hydrogens (tertiary/aromatic N) is 3. The van der Waals surface area contributed by atoms with Gasteiger partial charge in [0.1, 0.15) is 5.82 Å². The van der Waals surface area contributed by atoms with Gasteiger partial charge in [-0.15, -0.1) is 10.2 Å². The molecule has 0 saturated heterocycles. The summed E-state index contributed by atoms with van der Waals surface area (Å²) in [6, 6.07) is 0.